The summed E-state index contributed by atoms with van der Waals surface area (Å²) in [6.45, 7) is 0. The van der Waals surface area contributed by atoms with Crippen molar-refractivity contribution in [3.63, 3.8) is 0 Å². The third-order valence-corrected chi connectivity index (χ3v) is 2.38. The fourth-order valence-electron chi connectivity index (χ4n) is 0.964. The molecule has 2 aromatic rings. The summed E-state index contributed by atoms with van der Waals surface area (Å²) in [5, 5.41) is 2.54. The minimum absolute atomic E-state index is 0.0833. The van der Waals surface area contributed by atoms with Gasteiger partial charge in [0.25, 0.3) is 0 Å². The first kappa shape index (κ1) is 6.42. The number of thiophene rings is 1. The number of hydrogen-bond donors (Lipinski definition) is 2. The highest BCUT2D eigenvalue weighted by molar-refractivity contribution is 7.16. The lowest BCUT2D eigenvalue weighted by atomic mass is 10.3. The molecule has 0 bridgehead atoms. The molecule has 0 amide bonds. The summed E-state index contributed by atoms with van der Waals surface area (Å²) in [6, 6.07) is 1.77. The second kappa shape index (κ2) is 2.10. The molecule has 0 aromatic carbocycles. The SMILES string of the molecule is Nc1c[nH]c2sccc2c1=O. The van der Waals surface area contributed by atoms with E-state index in [1.54, 1.807) is 6.07 Å². The molecule has 2 rings (SSSR count). The van der Waals surface area contributed by atoms with Gasteiger partial charge in [0.05, 0.1) is 11.1 Å². The van der Waals surface area contributed by atoms with Crippen molar-refractivity contribution in [2.75, 3.05) is 5.73 Å². The molecule has 0 aliphatic heterocycles. The second-order valence-corrected chi connectivity index (χ2v) is 3.15. The number of aromatic amines is 1. The van der Waals surface area contributed by atoms with Gasteiger partial charge in [0.1, 0.15) is 4.83 Å². The molecule has 11 heavy (non-hydrogen) atoms. The molecule has 2 aromatic heterocycles. The number of nitrogen functional groups attached to an aromatic ring is 1. The zero-order valence-corrected chi connectivity index (χ0v) is 6.44. The molecule has 0 aliphatic rings. The van der Waals surface area contributed by atoms with E-state index in [1.807, 2.05) is 5.38 Å². The Hall–Kier alpha value is -1.29. The van der Waals surface area contributed by atoms with Crippen molar-refractivity contribution in [1.29, 1.82) is 0 Å². The van der Waals surface area contributed by atoms with E-state index in [0.717, 1.165) is 4.83 Å². The first-order chi connectivity index (χ1) is 5.29. The van der Waals surface area contributed by atoms with Crippen LogP contribution >= 0.6 is 11.3 Å². The normalized spacial score (nSPS) is 10.5. The molecule has 0 saturated carbocycles. The number of nitrogens with two attached hydrogens (primary N) is 1. The van der Waals surface area contributed by atoms with Gasteiger partial charge in [-0.1, -0.05) is 0 Å². The largest absolute Gasteiger partial charge is 0.394 e. The predicted molar refractivity (Wildman–Crippen MR) is 46.9 cm³/mol. The number of fused-ring (bicyclic) bond motifs is 1. The Morgan fingerprint density at radius 1 is 1.55 bits per heavy atom. The van der Waals surface area contributed by atoms with Crippen LogP contribution in [0.2, 0.25) is 0 Å². The maximum atomic E-state index is 11.3. The monoisotopic (exact) mass is 166 g/mol. The maximum absolute atomic E-state index is 11.3. The number of nitrogens with one attached hydrogen (secondary N) is 1. The summed E-state index contributed by atoms with van der Waals surface area (Å²) in [7, 11) is 0. The van der Waals surface area contributed by atoms with Crippen LogP contribution in [0, 0.1) is 0 Å². The standard InChI is InChI=1S/C7H6N2OS/c8-5-3-9-7-4(6(5)10)1-2-11-7/h1-3H,8H2,(H,9,10). The smallest absolute Gasteiger partial charge is 0.213 e. The minimum atomic E-state index is -0.0833. The molecule has 0 spiro atoms. The van der Waals surface area contributed by atoms with Crippen LogP contribution in [0.25, 0.3) is 10.2 Å². The average molecular weight is 166 g/mol. The molecule has 0 aliphatic carbocycles. The Bertz CT molecular complexity index is 443. The van der Waals surface area contributed by atoms with E-state index in [9.17, 15) is 4.79 Å². The van der Waals surface area contributed by atoms with E-state index < -0.39 is 0 Å². The highest BCUT2D eigenvalue weighted by Gasteiger charge is 2.00. The second-order valence-electron chi connectivity index (χ2n) is 2.24. The fraction of sp³-hybridized carbons (Fsp3) is 0. The van der Waals surface area contributed by atoms with E-state index in [4.69, 9.17) is 5.73 Å². The van der Waals surface area contributed by atoms with Crippen molar-refractivity contribution in [3.05, 3.63) is 27.9 Å². The summed E-state index contributed by atoms with van der Waals surface area (Å²) >= 11 is 1.50. The molecular formula is C7H6N2OS. The third kappa shape index (κ3) is 0.832. The lowest BCUT2D eigenvalue weighted by Gasteiger charge is -1.90. The Morgan fingerprint density at radius 3 is 3.18 bits per heavy atom. The Morgan fingerprint density at radius 2 is 2.36 bits per heavy atom. The number of pyridine rings is 1. The van der Waals surface area contributed by atoms with Crippen LogP contribution in [0.4, 0.5) is 5.69 Å². The molecule has 0 radical (unpaired) electrons. The molecule has 3 nitrogen and oxygen atoms in total. The van der Waals surface area contributed by atoms with Gasteiger partial charge in [0.2, 0.25) is 5.43 Å². The predicted octanol–water partition coefficient (Wildman–Crippen LogP) is 1.17. The molecule has 0 unspecified atom stereocenters. The summed E-state index contributed by atoms with van der Waals surface area (Å²) in [5.41, 5.74) is 5.60. The molecule has 0 saturated heterocycles. The molecule has 0 atom stereocenters. The van der Waals surface area contributed by atoms with Crippen molar-refractivity contribution < 1.29 is 0 Å². The van der Waals surface area contributed by atoms with Gasteiger partial charge in [-0.05, 0) is 11.4 Å². The van der Waals surface area contributed by atoms with Crippen LogP contribution in [-0.2, 0) is 0 Å². The zero-order chi connectivity index (χ0) is 7.84. The third-order valence-electron chi connectivity index (χ3n) is 1.53. The van der Waals surface area contributed by atoms with Crippen molar-refractivity contribution >= 4 is 27.2 Å². The quantitative estimate of drug-likeness (QED) is 0.617. The van der Waals surface area contributed by atoms with Gasteiger partial charge in [-0.15, -0.1) is 11.3 Å². The number of aromatic nitrogens is 1. The van der Waals surface area contributed by atoms with Crippen LogP contribution in [0.1, 0.15) is 0 Å². The minimum Gasteiger partial charge on any atom is -0.394 e. The van der Waals surface area contributed by atoms with Crippen LogP contribution in [0.15, 0.2) is 22.4 Å². The molecule has 56 valence electrons. The van der Waals surface area contributed by atoms with Crippen LogP contribution in [-0.4, -0.2) is 4.98 Å². The van der Waals surface area contributed by atoms with E-state index >= 15 is 0 Å². The van der Waals surface area contributed by atoms with Gasteiger partial charge in [-0.25, -0.2) is 0 Å². The van der Waals surface area contributed by atoms with E-state index in [0.29, 0.717) is 5.39 Å². The zero-order valence-electron chi connectivity index (χ0n) is 5.63. The van der Waals surface area contributed by atoms with Crippen molar-refractivity contribution in [3.8, 4) is 0 Å². The van der Waals surface area contributed by atoms with Crippen molar-refractivity contribution in [2.24, 2.45) is 0 Å². The molecule has 3 N–H and O–H groups in total. The van der Waals surface area contributed by atoms with Crippen molar-refractivity contribution in [1.82, 2.24) is 4.98 Å². The Balaban J connectivity index is 3.05. The molecule has 2 heterocycles. The van der Waals surface area contributed by atoms with E-state index in [2.05, 4.69) is 4.98 Å². The first-order valence-corrected chi connectivity index (χ1v) is 4.01. The number of H-pyrrole nitrogens is 1. The fourth-order valence-corrected chi connectivity index (χ4v) is 1.72. The lowest BCUT2D eigenvalue weighted by Crippen LogP contribution is -2.07. The summed E-state index contributed by atoms with van der Waals surface area (Å²) in [5.74, 6) is 0. The summed E-state index contributed by atoms with van der Waals surface area (Å²) < 4.78 is 0. The van der Waals surface area contributed by atoms with Gasteiger partial charge in [0.15, 0.2) is 0 Å². The lowest BCUT2D eigenvalue weighted by molar-refractivity contribution is 1.42. The van der Waals surface area contributed by atoms with Crippen LogP contribution in [0.5, 0.6) is 0 Å². The molecule has 0 fully saturated rings. The van der Waals surface area contributed by atoms with E-state index in [1.165, 1.54) is 17.5 Å². The Labute approximate surface area is 66.5 Å². The number of hydrogen-bond acceptors (Lipinski definition) is 3. The highest BCUT2D eigenvalue weighted by atomic mass is 32.1. The van der Waals surface area contributed by atoms with Gasteiger partial charge < -0.3 is 10.7 Å². The van der Waals surface area contributed by atoms with Gasteiger partial charge >= 0.3 is 0 Å². The highest BCUT2D eigenvalue weighted by Crippen LogP contribution is 2.14. The summed E-state index contributed by atoms with van der Waals surface area (Å²) in [4.78, 5) is 15.1. The van der Waals surface area contributed by atoms with Crippen LogP contribution < -0.4 is 11.2 Å². The Kier molecular flexibility index (Phi) is 1.22. The topological polar surface area (TPSA) is 58.9 Å². The first-order valence-electron chi connectivity index (χ1n) is 3.13. The van der Waals surface area contributed by atoms with Crippen molar-refractivity contribution in [2.45, 2.75) is 0 Å². The molecular weight excluding hydrogens is 160 g/mol. The summed E-state index contributed by atoms with van der Waals surface area (Å²) in [6.07, 6.45) is 1.53. The molecule has 4 heteroatoms. The number of rotatable bonds is 0. The van der Waals surface area contributed by atoms with Gasteiger partial charge in [0, 0.05) is 6.20 Å². The van der Waals surface area contributed by atoms with Gasteiger partial charge in [-0.3, -0.25) is 4.79 Å². The van der Waals surface area contributed by atoms with Gasteiger partial charge in [-0.2, -0.15) is 0 Å². The van der Waals surface area contributed by atoms with Crippen LogP contribution in [0.3, 0.4) is 0 Å². The van der Waals surface area contributed by atoms with E-state index in [-0.39, 0.29) is 11.1 Å². The maximum Gasteiger partial charge on any atom is 0.213 e. The number of anilines is 1. The average Bonchev–Trinajstić information content (AvgIpc) is 2.45.